The third-order valence-electron chi connectivity index (χ3n) is 2.15. The first-order valence-electron chi connectivity index (χ1n) is 4.32. The van der Waals surface area contributed by atoms with Gasteiger partial charge in [-0.15, -0.1) is 10.2 Å². The van der Waals surface area contributed by atoms with E-state index in [4.69, 9.17) is 28.9 Å². The largest absolute Gasteiger partial charge is 0.326 e. The fourth-order valence-electron chi connectivity index (χ4n) is 1.50. The fraction of sp³-hybridized carbons (Fsp3) is 0.375. The van der Waals surface area contributed by atoms with Gasteiger partial charge in [0.15, 0.2) is 10.3 Å². The molecular formula is C8H8Cl2N4O. The summed E-state index contributed by atoms with van der Waals surface area (Å²) in [7, 11) is 0. The van der Waals surface area contributed by atoms with E-state index < -0.39 is 0 Å². The first-order chi connectivity index (χ1) is 7.08. The van der Waals surface area contributed by atoms with Crippen molar-refractivity contribution in [2.24, 2.45) is 5.73 Å². The van der Waals surface area contributed by atoms with Crippen LogP contribution < -0.4 is 10.6 Å². The van der Waals surface area contributed by atoms with Gasteiger partial charge in [0.05, 0.1) is 5.69 Å². The fourth-order valence-corrected chi connectivity index (χ4v) is 1.84. The smallest absolute Gasteiger partial charge is 0.228 e. The number of halogens is 2. The lowest BCUT2D eigenvalue weighted by Gasteiger charge is -2.16. The number of nitrogens with two attached hydrogens (primary N) is 1. The Bertz CT molecular complexity index is 412. The summed E-state index contributed by atoms with van der Waals surface area (Å²) in [6, 6.07) is 1.34. The number of amides is 1. The second-order valence-corrected chi connectivity index (χ2v) is 4.06. The van der Waals surface area contributed by atoms with Gasteiger partial charge in [0.25, 0.3) is 0 Å². The molecule has 80 valence electrons. The number of carbonyl (C=O) groups excluding carboxylic acids is 1. The molecule has 0 spiro atoms. The molecule has 1 aliphatic heterocycles. The van der Waals surface area contributed by atoms with Crippen molar-refractivity contribution >= 4 is 34.8 Å². The summed E-state index contributed by atoms with van der Waals surface area (Å²) in [6.07, 6.45) is 0.316. The van der Waals surface area contributed by atoms with E-state index in [0.29, 0.717) is 18.7 Å². The van der Waals surface area contributed by atoms with Crippen LogP contribution in [-0.4, -0.2) is 28.7 Å². The van der Waals surface area contributed by atoms with Crippen LogP contribution in [0.1, 0.15) is 6.42 Å². The summed E-state index contributed by atoms with van der Waals surface area (Å²) in [4.78, 5) is 13.0. The number of carbonyl (C=O) groups is 1. The molecular weight excluding hydrogens is 239 g/mol. The highest BCUT2D eigenvalue weighted by atomic mass is 35.5. The van der Waals surface area contributed by atoms with Gasteiger partial charge in [0, 0.05) is 25.1 Å². The number of nitrogens with zero attached hydrogens (tertiary/aromatic N) is 3. The predicted molar refractivity (Wildman–Crippen MR) is 57.0 cm³/mol. The van der Waals surface area contributed by atoms with Crippen molar-refractivity contribution < 1.29 is 4.79 Å². The molecule has 7 heteroatoms. The van der Waals surface area contributed by atoms with Crippen molar-refractivity contribution in [3.05, 3.63) is 16.4 Å². The Labute approximate surface area is 96.2 Å². The van der Waals surface area contributed by atoms with Crippen LogP contribution in [0.15, 0.2) is 6.07 Å². The Morgan fingerprint density at radius 3 is 2.80 bits per heavy atom. The lowest BCUT2D eigenvalue weighted by atomic mass is 10.3. The van der Waals surface area contributed by atoms with Crippen LogP contribution in [0.3, 0.4) is 0 Å². The van der Waals surface area contributed by atoms with Crippen LogP contribution in [0.25, 0.3) is 0 Å². The van der Waals surface area contributed by atoms with Crippen molar-refractivity contribution in [3.8, 4) is 0 Å². The van der Waals surface area contributed by atoms with Crippen molar-refractivity contribution in [3.63, 3.8) is 0 Å². The molecule has 15 heavy (non-hydrogen) atoms. The predicted octanol–water partition coefficient (Wildman–Crippen LogP) is 0.847. The Morgan fingerprint density at radius 1 is 1.47 bits per heavy atom. The van der Waals surface area contributed by atoms with E-state index in [0.717, 1.165) is 0 Å². The van der Waals surface area contributed by atoms with E-state index in [1.807, 2.05) is 0 Å². The standard InChI is InChI=1S/C8H8Cl2N4O/c9-6-2-5(8(10)13-12-6)14-3-4(11)1-7(14)15/h2,4H,1,3,11H2. The van der Waals surface area contributed by atoms with Gasteiger partial charge in [0.2, 0.25) is 5.91 Å². The van der Waals surface area contributed by atoms with Crippen LogP contribution in [0.5, 0.6) is 0 Å². The maximum Gasteiger partial charge on any atom is 0.228 e. The summed E-state index contributed by atoms with van der Waals surface area (Å²) in [5.74, 6) is -0.0755. The topological polar surface area (TPSA) is 72.1 Å². The maximum atomic E-state index is 11.5. The van der Waals surface area contributed by atoms with Crippen LogP contribution in [0.4, 0.5) is 5.69 Å². The lowest BCUT2D eigenvalue weighted by molar-refractivity contribution is -0.117. The van der Waals surface area contributed by atoms with Crippen LogP contribution in [0.2, 0.25) is 10.3 Å². The zero-order chi connectivity index (χ0) is 11.0. The van der Waals surface area contributed by atoms with Gasteiger partial charge in [-0.3, -0.25) is 4.79 Å². The number of hydrogen-bond donors (Lipinski definition) is 1. The van der Waals surface area contributed by atoms with Gasteiger partial charge in [-0.1, -0.05) is 23.2 Å². The third kappa shape index (κ3) is 2.04. The molecule has 0 aromatic carbocycles. The second kappa shape index (κ2) is 3.92. The number of anilines is 1. The first-order valence-corrected chi connectivity index (χ1v) is 5.08. The Hall–Kier alpha value is -0.910. The van der Waals surface area contributed by atoms with E-state index in [1.165, 1.54) is 11.0 Å². The summed E-state index contributed by atoms with van der Waals surface area (Å²) in [6.45, 7) is 0.431. The number of rotatable bonds is 1. The molecule has 2 N–H and O–H groups in total. The molecule has 5 nitrogen and oxygen atoms in total. The summed E-state index contributed by atoms with van der Waals surface area (Å²) >= 11 is 11.5. The molecule has 1 unspecified atom stereocenters. The molecule has 0 bridgehead atoms. The maximum absolute atomic E-state index is 11.5. The van der Waals surface area contributed by atoms with E-state index in [-0.39, 0.29) is 22.3 Å². The second-order valence-electron chi connectivity index (χ2n) is 3.31. The summed E-state index contributed by atoms with van der Waals surface area (Å²) in [5, 5.41) is 7.55. The molecule has 1 fully saturated rings. The first kappa shape index (κ1) is 10.6. The van der Waals surface area contributed by atoms with E-state index in [1.54, 1.807) is 0 Å². The lowest BCUT2D eigenvalue weighted by Crippen LogP contribution is -2.28. The average molecular weight is 247 g/mol. The average Bonchev–Trinajstić information content (AvgIpc) is 2.50. The van der Waals surface area contributed by atoms with Gasteiger partial charge >= 0.3 is 0 Å². The van der Waals surface area contributed by atoms with Gasteiger partial charge in [-0.05, 0) is 0 Å². The summed E-state index contributed by atoms with van der Waals surface area (Å²) in [5.41, 5.74) is 6.13. The van der Waals surface area contributed by atoms with Crippen molar-refractivity contribution in [2.75, 3.05) is 11.4 Å². The van der Waals surface area contributed by atoms with Gasteiger partial charge < -0.3 is 10.6 Å². The van der Waals surface area contributed by atoms with Crippen molar-refractivity contribution in [1.29, 1.82) is 0 Å². The molecule has 1 atom stereocenters. The number of hydrogen-bond acceptors (Lipinski definition) is 4. The van der Waals surface area contributed by atoms with E-state index in [2.05, 4.69) is 10.2 Å². The van der Waals surface area contributed by atoms with Crippen molar-refractivity contribution in [1.82, 2.24) is 10.2 Å². The van der Waals surface area contributed by atoms with E-state index >= 15 is 0 Å². The molecule has 1 aromatic rings. The molecule has 0 saturated carbocycles. The molecule has 1 aliphatic rings. The van der Waals surface area contributed by atoms with Crippen LogP contribution >= 0.6 is 23.2 Å². The molecule has 0 aliphatic carbocycles. The SMILES string of the molecule is NC1CC(=O)N(c2cc(Cl)nnc2Cl)C1. The van der Waals surface area contributed by atoms with E-state index in [9.17, 15) is 4.79 Å². The molecule has 1 saturated heterocycles. The third-order valence-corrected chi connectivity index (χ3v) is 2.60. The highest BCUT2D eigenvalue weighted by Crippen LogP contribution is 2.28. The normalized spacial score (nSPS) is 21.1. The van der Waals surface area contributed by atoms with Crippen LogP contribution in [-0.2, 0) is 4.79 Å². The molecule has 2 rings (SSSR count). The van der Waals surface area contributed by atoms with Gasteiger partial charge in [0.1, 0.15) is 0 Å². The highest BCUT2D eigenvalue weighted by molar-refractivity contribution is 6.34. The minimum absolute atomic E-state index is 0.0755. The minimum Gasteiger partial charge on any atom is -0.326 e. The monoisotopic (exact) mass is 246 g/mol. The zero-order valence-corrected chi connectivity index (χ0v) is 9.16. The minimum atomic E-state index is -0.166. The van der Waals surface area contributed by atoms with Crippen molar-refractivity contribution in [2.45, 2.75) is 12.5 Å². The Balaban J connectivity index is 2.37. The molecule has 1 amide bonds. The Kier molecular flexibility index (Phi) is 2.77. The van der Waals surface area contributed by atoms with Gasteiger partial charge in [-0.25, -0.2) is 0 Å². The molecule has 1 aromatic heterocycles. The quantitative estimate of drug-likeness (QED) is 0.798. The summed E-state index contributed by atoms with van der Waals surface area (Å²) < 4.78 is 0. The zero-order valence-electron chi connectivity index (χ0n) is 7.65. The highest BCUT2D eigenvalue weighted by Gasteiger charge is 2.30. The number of aromatic nitrogens is 2. The Morgan fingerprint density at radius 2 is 2.20 bits per heavy atom. The van der Waals surface area contributed by atoms with Gasteiger partial charge in [-0.2, -0.15) is 0 Å². The molecule has 0 radical (unpaired) electrons. The van der Waals surface area contributed by atoms with Crippen LogP contribution in [0, 0.1) is 0 Å². The molecule has 2 heterocycles.